The molecule has 0 aromatic heterocycles. The maximum atomic E-state index is 11.7. The molecule has 1 rings (SSSR count). The van der Waals surface area contributed by atoms with E-state index >= 15 is 0 Å². The first-order valence-corrected chi connectivity index (χ1v) is 7.47. The smallest absolute Gasteiger partial charge is 0.316 e. The minimum atomic E-state index is -1.53. The fourth-order valence-corrected chi connectivity index (χ4v) is 1.93. The van der Waals surface area contributed by atoms with Gasteiger partial charge in [-0.25, -0.2) is 0 Å². The summed E-state index contributed by atoms with van der Waals surface area (Å²) in [6, 6.07) is 9.42. The van der Waals surface area contributed by atoms with Crippen LogP contribution in [0.5, 0.6) is 0 Å². The van der Waals surface area contributed by atoms with Crippen molar-refractivity contribution < 1.29 is 33.7 Å². The van der Waals surface area contributed by atoms with Gasteiger partial charge in [-0.1, -0.05) is 30.3 Å². The summed E-state index contributed by atoms with van der Waals surface area (Å²) >= 11 is 0. The van der Waals surface area contributed by atoms with Crippen molar-refractivity contribution in [1.29, 1.82) is 0 Å². The molecule has 0 atom stereocenters. The summed E-state index contributed by atoms with van der Waals surface area (Å²) in [6.45, 7) is 2.04. The summed E-state index contributed by atoms with van der Waals surface area (Å²) in [5.74, 6) is -2.42. The van der Waals surface area contributed by atoms with E-state index in [1.54, 1.807) is 0 Å². The van der Waals surface area contributed by atoms with E-state index in [9.17, 15) is 19.5 Å². The first-order valence-electron chi connectivity index (χ1n) is 7.47. The second kappa shape index (κ2) is 9.67. The third-order valence-electron chi connectivity index (χ3n) is 3.39. The Morgan fingerprint density at radius 2 is 1.54 bits per heavy atom. The molecule has 7 heteroatoms. The van der Waals surface area contributed by atoms with Gasteiger partial charge in [0.1, 0.15) is 18.6 Å². The minimum Gasteiger partial charge on any atom is -0.481 e. The maximum Gasteiger partial charge on any atom is 0.316 e. The first-order chi connectivity index (χ1) is 11.4. The lowest BCUT2D eigenvalue weighted by molar-refractivity contribution is -0.168. The highest BCUT2D eigenvalue weighted by Gasteiger charge is 2.41. The van der Waals surface area contributed by atoms with Gasteiger partial charge in [-0.2, -0.15) is 0 Å². The Morgan fingerprint density at radius 1 is 1.00 bits per heavy atom. The number of ether oxygens (including phenoxy) is 3. The summed E-state index contributed by atoms with van der Waals surface area (Å²) < 4.78 is 15.2. The fraction of sp³-hybridized carbons (Fsp3) is 0.471. The van der Waals surface area contributed by atoms with Crippen molar-refractivity contribution in [2.75, 3.05) is 19.8 Å². The molecule has 1 aromatic carbocycles. The average molecular weight is 338 g/mol. The standard InChI is InChI=1S/C17H22O7/c1-13(18)23-11-17(16(20)21,12-24-14(2)19)8-9-22-10-15-6-4-3-5-7-15/h3-7H,8-12H2,1-2H3,(H,20,21). The molecule has 1 N–H and O–H groups in total. The quantitative estimate of drug-likeness (QED) is 0.513. The van der Waals surface area contributed by atoms with Gasteiger partial charge in [-0.15, -0.1) is 0 Å². The Hall–Kier alpha value is -2.41. The average Bonchev–Trinajstić information content (AvgIpc) is 2.54. The van der Waals surface area contributed by atoms with E-state index in [2.05, 4.69) is 0 Å². The molecule has 0 fully saturated rings. The molecule has 0 aliphatic carbocycles. The summed E-state index contributed by atoms with van der Waals surface area (Å²) in [6.07, 6.45) is 0.0374. The lowest BCUT2D eigenvalue weighted by Gasteiger charge is -2.28. The molecule has 0 spiro atoms. The van der Waals surface area contributed by atoms with E-state index in [0.29, 0.717) is 6.61 Å². The van der Waals surface area contributed by atoms with Crippen LogP contribution in [0.2, 0.25) is 0 Å². The van der Waals surface area contributed by atoms with Gasteiger partial charge < -0.3 is 19.3 Å². The normalized spacial score (nSPS) is 10.9. The number of esters is 2. The third-order valence-corrected chi connectivity index (χ3v) is 3.39. The Bertz CT molecular complexity index is 535. The topological polar surface area (TPSA) is 99.1 Å². The van der Waals surface area contributed by atoms with Crippen LogP contribution >= 0.6 is 0 Å². The molecule has 0 amide bonds. The summed E-state index contributed by atoms with van der Waals surface area (Å²) in [5, 5.41) is 9.53. The van der Waals surface area contributed by atoms with Crippen LogP contribution in [0.3, 0.4) is 0 Å². The second-order valence-corrected chi connectivity index (χ2v) is 5.43. The van der Waals surface area contributed by atoms with Gasteiger partial charge in [-0.05, 0) is 12.0 Å². The number of rotatable bonds is 10. The molecule has 0 saturated heterocycles. The van der Waals surface area contributed by atoms with Crippen molar-refractivity contribution in [2.45, 2.75) is 26.9 Å². The molecule has 7 nitrogen and oxygen atoms in total. The Labute approximate surface area is 140 Å². The fourth-order valence-electron chi connectivity index (χ4n) is 1.93. The van der Waals surface area contributed by atoms with Gasteiger partial charge in [0.25, 0.3) is 0 Å². The predicted octanol–water partition coefficient (Wildman–Crippen LogP) is 1.79. The molecule has 0 radical (unpaired) electrons. The Kier molecular flexibility index (Phi) is 7.91. The molecule has 1 aromatic rings. The zero-order valence-electron chi connectivity index (χ0n) is 13.8. The van der Waals surface area contributed by atoms with Crippen LogP contribution in [0, 0.1) is 5.41 Å². The van der Waals surface area contributed by atoms with Crippen LogP contribution in [0.1, 0.15) is 25.8 Å². The van der Waals surface area contributed by atoms with Crippen LogP contribution in [0.25, 0.3) is 0 Å². The zero-order chi connectivity index (χ0) is 18.0. The summed E-state index contributed by atoms with van der Waals surface area (Å²) in [5.41, 5.74) is -0.577. The molecule has 0 saturated carbocycles. The van der Waals surface area contributed by atoms with Crippen LogP contribution in [-0.2, 0) is 35.2 Å². The highest BCUT2D eigenvalue weighted by Crippen LogP contribution is 2.25. The zero-order valence-corrected chi connectivity index (χ0v) is 13.8. The number of aliphatic carboxylic acids is 1. The Balaban J connectivity index is 2.65. The number of carbonyl (C=O) groups is 3. The van der Waals surface area contributed by atoms with E-state index in [1.807, 2.05) is 30.3 Å². The third kappa shape index (κ3) is 6.78. The molecule has 0 bridgehead atoms. The van der Waals surface area contributed by atoms with E-state index in [4.69, 9.17) is 14.2 Å². The van der Waals surface area contributed by atoms with Gasteiger partial charge in [0, 0.05) is 20.5 Å². The van der Waals surface area contributed by atoms with Crippen molar-refractivity contribution in [3.05, 3.63) is 35.9 Å². The number of carbonyl (C=O) groups excluding carboxylic acids is 2. The monoisotopic (exact) mass is 338 g/mol. The lowest BCUT2D eigenvalue weighted by atomic mass is 9.86. The van der Waals surface area contributed by atoms with Crippen molar-refractivity contribution in [3.8, 4) is 0 Å². The number of hydrogen-bond donors (Lipinski definition) is 1. The number of carboxylic acids is 1. The minimum absolute atomic E-state index is 0.0374. The van der Waals surface area contributed by atoms with Gasteiger partial charge in [-0.3, -0.25) is 14.4 Å². The maximum absolute atomic E-state index is 11.7. The van der Waals surface area contributed by atoms with Gasteiger partial charge >= 0.3 is 17.9 Å². The molecule has 132 valence electrons. The van der Waals surface area contributed by atoms with Crippen molar-refractivity contribution in [1.82, 2.24) is 0 Å². The van der Waals surface area contributed by atoms with Gasteiger partial charge in [0.05, 0.1) is 6.61 Å². The molecule has 0 aliphatic rings. The number of hydrogen-bond acceptors (Lipinski definition) is 6. The van der Waals surface area contributed by atoms with Gasteiger partial charge in [0.2, 0.25) is 0 Å². The van der Waals surface area contributed by atoms with Gasteiger partial charge in [0.15, 0.2) is 0 Å². The van der Waals surface area contributed by atoms with Crippen LogP contribution in [-0.4, -0.2) is 42.8 Å². The number of benzene rings is 1. The SMILES string of the molecule is CC(=O)OCC(CCOCc1ccccc1)(COC(C)=O)C(=O)O. The first kappa shape index (κ1) is 19.6. The second-order valence-electron chi connectivity index (χ2n) is 5.43. The van der Waals surface area contributed by atoms with Crippen molar-refractivity contribution >= 4 is 17.9 Å². The van der Waals surface area contributed by atoms with E-state index in [-0.39, 0.29) is 26.2 Å². The van der Waals surface area contributed by atoms with Crippen LogP contribution in [0.15, 0.2) is 30.3 Å². The lowest BCUT2D eigenvalue weighted by Crippen LogP contribution is -2.42. The molecule has 0 aliphatic heterocycles. The molecular weight excluding hydrogens is 316 g/mol. The van der Waals surface area contributed by atoms with Crippen molar-refractivity contribution in [3.63, 3.8) is 0 Å². The van der Waals surface area contributed by atoms with E-state index in [1.165, 1.54) is 13.8 Å². The molecule has 24 heavy (non-hydrogen) atoms. The molecule has 0 heterocycles. The molecule has 0 unspecified atom stereocenters. The largest absolute Gasteiger partial charge is 0.481 e. The highest BCUT2D eigenvalue weighted by molar-refractivity contribution is 5.76. The highest BCUT2D eigenvalue weighted by atomic mass is 16.6. The van der Waals surface area contributed by atoms with E-state index < -0.39 is 23.3 Å². The van der Waals surface area contributed by atoms with Crippen molar-refractivity contribution in [2.24, 2.45) is 5.41 Å². The Morgan fingerprint density at radius 3 is 2.00 bits per heavy atom. The van der Waals surface area contributed by atoms with E-state index in [0.717, 1.165) is 5.56 Å². The van der Waals surface area contributed by atoms with Crippen LogP contribution in [0.4, 0.5) is 0 Å². The van der Waals surface area contributed by atoms with Crippen LogP contribution < -0.4 is 0 Å². The molecular formula is C17H22O7. The predicted molar refractivity (Wildman–Crippen MR) is 84.0 cm³/mol. The summed E-state index contributed by atoms with van der Waals surface area (Å²) in [4.78, 5) is 33.7. The summed E-state index contributed by atoms with van der Waals surface area (Å²) in [7, 11) is 0. The number of carboxylic acid groups (broad SMARTS) is 1.